The SMILES string of the molecule is CC(C)COCCOC1CCCCCCC1Br. The van der Waals surface area contributed by atoms with Crippen LogP contribution in [-0.4, -0.2) is 30.8 Å². The van der Waals surface area contributed by atoms with Crippen LogP contribution in [0, 0.1) is 5.92 Å². The maximum atomic E-state index is 5.94. The largest absolute Gasteiger partial charge is 0.379 e. The Balaban J connectivity index is 2.10. The molecule has 2 nitrogen and oxygen atoms in total. The number of hydrogen-bond acceptors (Lipinski definition) is 2. The predicted octanol–water partition coefficient (Wildman–Crippen LogP) is 4.16. The average molecular weight is 307 g/mol. The van der Waals surface area contributed by atoms with Crippen molar-refractivity contribution in [2.75, 3.05) is 19.8 Å². The molecule has 0 amide bonds. The van der Waals surface area contributed by atoms with E-state index in [-0.39, 0.29) is 0 Å². The Morgan fingerprint density at radius 2 is 1.76 bits per heavy atom. The molecule has 0 aromatic heterocycles. The van der Waals surface area contributed by atoms with Gasteiger partial charge in [0.1, 0.15) is 0 Å². The quantitative estimate of drug-likeness (QED) is 0.542. The van der Waals surface area contributed by atoms with E-state index >= 15 is 0 Å². The summed E-state index contributed by atoms with van der Waals surface area (Å²) < 4.78 is 11.5. The number of rotatable bonds is 6. The van der Waals surface area contributed by atoms with Gasteiger partial charge < -0.3 is 9.47 Å². The van der Waals surface area contributed by atoms with Gasteiger partial charge in [-0.15, -0.1) is 0 Å². The van der Waals surface area contributed by atoms with Gasteiger partial charge in [-0.25, -0.2) is 0 Å². The van der Waals surface area contributed by atoms with E-state index in [9.17, 15) is 0 Å². The van der Waals surface area contributed by atoms with E-state index in [1.54, 1.807) is 0 Å². The molecule has 2 atom stereocenters. The van der Waals surface area contributed by atoms with Crippen molar-refractivity contribution >= 4 is 15.9 Å². The molecule has 3 heteroatoms. The minimum Gasteiger partial charge on any atom is -0.379 e. The van der Waals surface area contributed by atoms with Crippen molar-refractivity contribution in [1.82, 2.24) is 0 Å². The van der Waals surface area contributed by atoms with Crippen LogP contribution in [0.3, 0.4) is 0 Å². The van der Waals surface area contributed by atoms with Gasteiger partial charge in [0, 0.05) is 11.4 Å². The molecule has 102 valence electrons. The molecule has 17 heavy (non-hydrogen) atoms. The van der Waals surface area contributed by atoms with Gasteiger partial charge in [0.25, 0.3) is 0 Å². The topological polar surface area (TPSA) is 18.5 Å². The Kier molecular flexibility index (Phi) is 8.50. The van der Waals surface area contributed by atoms with E-state index < -0.39 is 0 Å². The summed E-state index contributed by atoms with van der Waals surface area (Å²) in [7, 11) is 0. The highest BCUT2D eigenvalue weighted by Crippen LogP contribution is 2.25. The minimum absolute atomic E-state index is 0.387. The molecule has 0 N–H and O–H groups in total. The summed E-state index contributed by atoms with van der Waals surface area (Å²) in [6, 6.07) is 0. The van der Waals surface area contributed by atoms with Gasteiger partial charge in [-0.2, -0.15) is 0 Å². The molecule has 0 spiro atoms. The molecule has 1 aliphatic carbocycles. The molecule has 0 aromatic carbocycles. The van der Waals surface area contributed by atoms with Crippen LogP contribution >= 0.6 is 15.9 Å². The fourth-order valence-corrected chi connectivity index (χ4v) is 2.91. The Labute approximate surface area is 115 Å². The fraction of sp³-hybridized carbons (Fsp3) is 1.00. The molecule has 0 aliphatic heterocycles. The first-order valence-electron chi connectivity index (χ1n) is 7.03. The molecule has 0 heterocycles. The zero-order valence-electron chi connectivity index (χ0n) is 11.3. The Morgan fingerprint density at radius 3 is 2.47 bits per heavy atom. The maximum Gasteiger partial charge on any atom is 0.0704 e. The highest BCUT2D eigenvalue weighted by atomic mass is 79.9. The summed E-state index contributed by atoms with van der Waals surface area (Å²) in [6.45, 7) is 6.65. The number of halogens is 1. The first-order valence-corrected chi connectivity index (χ1v) is 7.95. The normalized spacial score (nSPS) is 26.8. The van der Waals surface area contributed by atoms with Crippen molar-refractivity contribution in [2.45, 2.75) is 63.3 Å². The third kappa shape index (κ3) is 7.43. The summed E-state index contributed by atoms with van der Waals surface area (Å²) in [5, 5.41) is 0. The molecular formula is C14H27BrO2. The third-order valence-electron chi connectivity index (χ3n) is 3.13. The van der Waals surface area contributed by atoms with Crippen LogP contribution in [0.5, 0.6) is 0 Å². The highest BCUT2D eigenvalue weighted by molar-refractivity contribution is 9.09. The molecule has 0 radical (unpaired) electrons. The van der Waals surface area contributed by atoms with Gasteiger partial charge >= 0.3 is 0 Å². The summed E-state index contributed by atoms with van der Waals surface area (Å²) in [4.78, 5) is 0.535. The van der Waals surface area contributed by atoms with Crippen LogP contribution in [0.4, 0.5) is 0 Å². The Morgan fingerprint density at radius 1 is 1.06 bits per heavy atom. The lowest BCUT2D eigenvalue weighted by molar-refractivity contribution is -0.00675. The lowest BCUT2D eigenvalue weighted by Gasteiger charge is -2.25. The molecule has 0 bridgehead atoms. The van der Waals surface area contributed by atoms with Crippen LogP contribution in [0.25, 0.3) is 0 Å². The zero-order valence-corrected chi connectivity index (χ0v) is 12.9. The fourth-order valence-electron chi connectivity index (χ4n) is 2.17. The molecular weight excluding hydrogens is 280 g/mol. The van der Waals surface area contributed by atoms with Crippen LogP contribution in [0.15, 0.2) is 0 Å². The molecule has 1 aliphatic rings. The third-order valence-corrected chi connectivity index (χ3v) is 4.18. The smallest absolute Gasteiger partial charge is 0.0704 e. The van der Waals surface area contributed by atoms with Gasteiger partial charge in [-0.1, -0.05) is 55.5 Å². The van der Waals surface area contributed by atoms with E-state index in [1.807, 2.05) is 0 Å². The lowest BCUT2D eigenvalue weighted by Crippen LogP contribution is -2.27. The van der Waals surface area contributed by atoms with E-state index in [4.69, 9.17) is 9.47 Å². The van der Waals surface area contributed by atoms with E-state index in [1.165, 1.54) is 38.5 Å². The van der Waals surface area contributed by atoms with Gasteiger partial charge in [-0.3, -0.25) is 0 Å². The van der Waals surface area contributed by atoms with E-state index in [0.29, 0.717) is 16.8 Å². The second-order valence-corrected chi connectivity index (χ2v) is 6.56. The molecule has 1 rings (SSSR count). The second kappa shape index (κ2) is 9.35. The first kappa shape index (κ1) is 15.5. The molecule has 1 saturated carbocycles. The van der Waals surface area contributed by atoms with Crippen molar-refractivity contribution in [3.05, 3.63) is 0 Å². The lowest BCUT2D eigenvalue weighted by atomic mass is 9.98. The zero-order chi connectivity index (χ0) is 12.5. The summed E-state index contributed by atoms with van der Waals surface area (Å²) in [5.74, 6) is 0.611. The molecule has 0 aromatic rings. The van der Waals surface area contributed by atoms with Gasteiger partial charge in [0.05, 0.1) is 19.3 Å². The van der Waals surface area contributed by atoms with Crippen molar-refractivity contribution in [3.63, 3.8) is 0 Å². The van der Waals surface area contributed by atoms with Gasteiger partial charge in [0.2, 0.25) is 0 Å². The van der Waals surface area contributed by atoms with Crippen LogP contribution in [0.2, 0.25) is 0 Å². The number of alkyl halides is 1. The van der Waals surface area contributed by atoms with Crippen molar-refractivity contribution in [2.24, 2.45) is 5.92 Å². The maximum absolute atomic E-state index is 5.94. The second-order valence-electron chi connectivity index (χ2n) is 5.39. The number of hydrogen-bond donors (Lipinski definition) is 0. The van der Waals surface area contributed by atoms with Gasteiger partial charge in [-0.05, 0) is 18.8 Å². The van der Waals surface area contributed by atoms with E-state index in [0.717, 1.165) is 19.8 Å². The van der Waals surface area contributed by atoms with Crippen LogP contribution in [0.1, 0.15) is 52.4 Å². The van der Waals surface area contributed by atoms with Crippen molar-refractivity contribution < 1.29 is 9.47 Å². The summed E-state index contributed by atoms with van der Waals surface area (Å²) in [5.41, 5.74) is 0. The van der Waals surface area contributed by atoms with Gasteiger partial charge in [0.15, 0.2) is 0 Å². The summed E-state index contributed by atoms with van der Waals surface area (Å²) >= 11 is 3.77. The summed E-state index contributed by atoms with van der Waals surface area (Å²) in [6.07, 6.45) is 8.21. The molecule has 2 unspecified atom stereocenters. The van der Waals surface area contributed by atoms with Crippen LogP contribution < -0.4 is 0 Å². The number of ether oxygens (including phenoxy) is 2. The van der Waals surface area contributed by atoms with E-state index in [2.05, 4.69) is 29.8 Å². The van der Waals surface area contributed by atoms with Crippen molar-refractivity contribution in [1.29, 1.82) is 0 Å². The monoisotopic (exact) mass is 306 g/mol. The molecule has 0 saturated heterocycles. The standard InChI is InChI=1S/C14H27BrO2/c1-12(2)11-16-9-10-17-14-8-6-4-3-5-7-13(14)15/h12-14H,3-11H2,1-2H3. The Hall–Kier alpha value is 0.400. The van der Waals surface area contributed by atoms with Crippen molar-refractivity contribution in [3.8, 4) is 0 Å². The van der Waals surface area contributed by atoms with Crippen LogP contribution in [-0.2, 0) is 9.47 Å². The average Bonchev–Trinajstić information content (AvgIpc) is 2.26. The first-order chi connectivity index (χ1) is 8.20. The Bertz CT molecular complexity index is 185. The molecule has 1 fully saturated rings. The highest BCUT2D eigenvalue weighted by Gasteiger charge is 2.20. The minimum atomic E-state index is 0.387. The predicted molar refractivity (Wildman–Crippen MR) is 75.8 cm³/mol.